The molecule has 0 spiro atoms. The van der Waals surface area contributed by atoms with E-state index in [2.05, 4.69) is 26.1 Å². The number of rotatable bonds is 14. The van der Waals surface area contributed by atoms with Crippen LogP contribution in [0.2, 0.25) is 0 Å². The average molecular weight is 435 g/mol. The van der Waals surface area contributed by atoms with Gasteiger partial charge in [0.25, 0.3) is 0 Å². The standard InChI is InChI=1S/C22H38N2O2.2ClH/c1-5-8-9-11-14-19(4)26-22(25)21(20-15-12-10-13-16-20)23-17-18-24(6-2)7-3;;/h10,12-13,15-16,19,21,23H,5-9,11,14,17-18H2,1-4H3;2*1H. The molecule has 3 N–H and O–H groups in total. The van der Waals surface area contributed by atoms with E-state index in [4.69, 9.17) is 4.74 Å². The van der Waals surface area contributed by atoms with Crippen LogP contribution in [-0.4, -0.2) is 38.3 Å². The molecule has 0 heterocycles. The van der Waals surface area contributed by atoms with E-state index >= 15 is 0 Å². The Morgan fingerprint density at radius 1 is 1.04 bits per heavy atom. The number of esters is 1. The van der Waals surface area contributed by atoms with Gasteiger partial charge < -0.3 is 39.8 Å². The summed E-state index contributed by atoms with van der Waals surface area (Å²) in [6.45, 7) is 12.9. The van der Waals surface area contributed by atoms with Gasteiger partial charge in [-0.3, -0.25) is 0 Å². The molecule has 1 aromatic rings. The number of unbranched alkanes of at least 4 members (excludes halogenated alkanes) is 3. The van der Waals surface area contributed by atoms with Crippen molar-refractivity contribution >= 4 is 5.97 Å². The van der Waals surface area contributed by atoms with Crippen LogP contribution in [0, 0.1) is 0 Å². The molecule has 0 aliphatic heterocycles. The van der Waals surface area contributed by atoms with Crippen LogP contribution >= 0.6 is 0 Å². The number of carbonyl (C=O) groups is 1. The molecule has 0 saturated heterocycles. The lowest BCUT2D eigenvalue weighted by Gasteiger charge is -2.20. The van der Waals surface area contributed by atoms with Crippen molar-refractivity contribution < 1.29 is 44.6 Å². The van der Waals surface area contributed by atoms with Gasteiger partial charge in [0.2, 0.25) is 6.04 Å². The first-order valence-electron chi connectivity index (χ1n) is 10.5. The fourth-order valence-electron chi connectivity index (χ4n) is 3.28. The van der Waals surface area contributed by atoms with Crippen LogP contribution in [0.4, 0.5) is 0 Å². The van der Waals surface area contributed by atoms with E-state index in [1.807, 2.05) is 37.3 Å². The Hall–Kier alpha value is -0.810. The summed E-state index contributed by atoms with van der Waals surface area (Å²) >= 11 is 0. The average Bonchev–Trinajstić information content (AvgIpc) is 2.66. The normalized spacial score (nSPS) is 12.6. The molecule has 164 valence electrons. The quantitative estimate of drug-likeness (QED) is 0.232. The summed E-state index contributed by atoms with van der Waals surface area (Å²) in [5.41, 5.74) is 1.03. The smallest absolute Gasteiger partial charge is 0.370 e. The topological polar surface area (TPSA) is 47.3 Å². The predicted molar refractivity (Wildman–Crippen MR) is 107 cm³/mol. The molecule has 0 fully saturated rings. The lowest BCUT2D eigenvalue weighted by molar-refractivity contribution is -0.910. The third-order valence-corrected chi connectivity index (χ3v) is 5.09. The lowest BCUT2D eigenvalue weighted by Crippen LogP contribution is -3.14. The largest absolute Gasteiger partial charge is 1.00 e. The van der Waals surface area contributed by atoms with E-state index in [1.165, 1.54) is 19.3 Å². The van der Waals surface area contributed by atoms with Gasteiger partial charge in [-0.15, -0.1) is 0 Å². The molecule has 0 aliphatic carbocycles. The molecule has 28 heavy (non-hydrogen) atoms. The van der Waals surface area contributed by atoms with Crippen LogP contribution < -0.4 is 35.0 Å². The van der Waals surface area contributed by atoms with E-state index in [9.17, 15) is 4.79 Å². The molecule has 0 radical (unpaired) electrons. The molecule has 1 rings (SSSR count). The van der Waals surface area contributed by atoms with Crippen molar-refractivity contribution in [1.82, 2.24) is 0 Å². The molecule has 0 aliphatic rings. The Bertz CT molecular complexity index is 485. The summed E-state index contributed by atoms with van der Waals surface area (Å²) in [6.07, 6.45) is 5.79. The molecule has 2 unspecified atom stereocenters. The third-order valence-electron chi connectivity index (χ3n) is 5.09. The number of hydrogen-bond acceptors (Lipinski definition) is 2. The zero-order valence-corrected chi connectivity index (χ0v) is 19.6. The first kappa shape index (κ1) is 29.4. The number of nitrogens with two attached hydrogens (primary N) is 1. The highest BCUT2D eigenvalue weighted by Gasteiger charge is 2.27. The predicted octanol–water partition coefficient (Wildman–Crippen LogP) is -3.87. The van der Waals surface area contributed by atoms with Gasteiger partial charge in [0, 0.05) is 5.56 Å². The summed E-state index contributed by atoms with van der Waals surface area (Å²) in [5, 5.41) is 2.15. The van der Waals surface area contributed by atoms with E-state index in [0.717, 1.165) is 44.6 Å². The second kappa shape index (κ2) is 18.2. The maximum Gasteiger partial charge on any atom is 0.370 e. The summed E-state index contributed by atoms with van der Waals surface area (Å²) in [6, 6.07) is 9.77. The first-order chi connectivity index (χ1) is 12.6. The van der Waals surface area contributed by atoms with E-state index < -0.39 is 0 Å². The SMILES string of the molecule is CCCCCCC(C)OC(=O)C([NH2+]CC[NH+](CC)CC)c1ccccc1.[Cl-].[Cl-]. The van der Waals surface area contributed by atoms with Crippen LogP contribution in [0.3, 0.4) is 0 Å². The summed E-state index contributed by atoms with van der Waals surface area (Å²) in [7, 11) is 0. The number of hydrogen-bond donors (Lipinski definition) is 2. The highest BCUT2D eigenvalue weighted by molar-refractivity contribution is 5.76. The van der Waals surface area contributed by atoms with Crippen LogP contribution in [0.25, 0.3) is 0 Å². The van der Waals surface area contributed by atoms with Gasteiger partial charge in [-0.05, 0) is 33.6 Å². The van der Waals surface area contributed by atoms with E-state index in [1.54, 1.807) is 4.90 Å². The molecule has 6 heteroatoms. The zero-order chi connectivity index (χ0) is 19.2. The van der Waals surface area contributed by atoms with Crippen molar-refractivity contribution in [3.8, 4) is 0 Å². The number of quaternary nitrogens is 2. The molecule has 0 saturated carbocycles. The Morgan fingerprint density at radius 3 is 2.25 bits per heavy atom. The Balaban J connectivity index is 0. The lowest BCUT2D eigenvalue weighted by atomic mass is 10.1. The number of ether oxygens (including phenoxy) is 1. The van der Waals surface area contributed by atoms with Crippen LogP contribution in [0.5, 0.6) is 0 Å². The Morgan fingerprint density at radius 2 is 1.68 bits per heavy atom. The van der Waals surface area contributed by atoms with Gasteiger partial charge >= 0.3 is 5.97 Å². The molecule has 0 bridgehead atoms. The van der Waals surface area contributed by atoms with Gasteiger partial charge in [-0.1, -0.05) is 56.5 Å². The summed E-state index contributed by atoms with van der Waals surface area (Å²) < 4.78 is 5.78. The molecular weight excluding hydrogens is 395 g/mol. The number of likely N-dealkylation sites (N-methyl/N-ethyl adjacent to an activating group) is 1. The molecule has 2 atom stereocenters. The minimum absolute atomic E-state index is 0. The Kier molecular flexibility index (Phi) is 19.1. The number of benzene rings is 1. The summed E-state index contributed by atoms with van der Waals surface area (Å²) in [5.74, 6) is -0.103. The molecular formula is C22H40Cl2N2O2. The van der Waals surface area contributed by atoms with Crippen molar-refractivity contribution in [2.45, 2.75) is 71.9 Å². The molecule has 0 amide bonds. The minimum atomic E-state index is -0.260. The van der Waals surface area contributed by atoms with Crippen molar-refractivity contribution in [3.05, 3.63) is 35.9 Å². The van der Waals surface area contributed by atoms with Gasteiger partial charge in [0.05, 0.1) is 19.2 Å². The van der Waals surface area contributed by atoms with Crippen molar-refractivity contribution in [1.29, 1.82) is 0 Å². The van der Waals surface area contributed by atoms with Crippen LogP contribution in [0.15, 0.2) is 30.3 Å². The van der Waals surface area contributed by atoms with Crippen molar-refractivity contribution in [3.63, 3.8) is 0 Å². The van der Waals surface area contributed by atoms with E-state index in [0.29, 0.717) is 0 Å². The highest BCUT2D eigenvalue weighted by Crippen LogP contribution is 2.14. The van der Waals surface area contributed by atoms with Crippen molar-refractivity contribution in [2.24, 2.45) is 0 Å². The first-order valence-corrected chi connectivity index (χ1v) is 10.5. The van der Waals surface area contributed by atoms with Gasteiger partial charge in [0.15, 0.2) is 0 Å². The van der Waals surface area contributed by atoms with Gasteiger partial charge in [-0.25, -0.2) is 4.79 Å². The second-order valence-corrected chi connectivity index (χ2v) is 7.22. The molecule has 1 aromatic carbocycles. The fourth-order valence-corrected chi connectivity index (χ4v) is 3.28. The Labute approximate surface area is 184 Å². The molecule has 0 aromatic heterocycles. The summed E-state index contributed by atoms with van der Waals surface area (Å²) in [4.78, 5) is 14.4. The second-order valence-electron chi connectivity index (χ2n) is 7.22. The van der Waals surface area contributed by atoms with Gasteiger partial charge in [-0.2, -0.15) is 0 Å². The zero-order valence-electron chi connectivity index (χ0n) is 18.1. The number of halogens is 2. The van der Waals surface area contributed by atoms with Crippen molar-refractivity contribution in [2.75, 3.05) is 26.2 Å². The molecule has 4 nitrogen and oxygen atoms in total. The number of nitrogens with one attached hydrogen (secondary N) is 1. The van der Waals surface area contributed by atoms with Gasteiger partial charge in [0.1, 0.15) is 13.1 Å². The van der Waals surface area contributed by atoms with Crippen LogP contribution in [0.1, 0.15) is 71.4 Å². The fraction of sp³-hybridized carbons (Fsp3) is 0.682. The highest BCUT2D eigenvalue weighted by atomic mass is 35.5. The number of carbonyl (C=O) groups excluding carboxylic acids is 1. The van der Waals surface area contributed by atoms with Crippen LogP contribution in [-0.2, 0) is 9.53 Å². The maximum absolute atomic E-state index is 12.8. The maximum atomic E-state index is 12.8. The third kappa shape index (κ3) is 11.9. The monoisotopic (exact) mass is 434 g/mol. The minimum Gasteiger partial charge on any atom is -1.00 e. The van der Waals surface area contributed by atoms with E-state index in [-0.39, 0.29) is 42.9 Å².